The number of nitrogens with zero attached hydrogens (tertiary/aromatic N) is 2. The molecule has 0 aliphatic heterocycles. The van der Waals surface area contributed by atoms with Crippen LogP contribution in [0.2, 0.25) is 5.02 Å². The van der Waals surface area contributed by atoms with E-state index in [-0.39, 0.29) is 22.6 Å². The van der Waals surface area contributed by atoms with Crippen molar-refractivity contribution in [3.8, 4) is 0 Å². The second-order valence-corrected chi connectivity index (χ2v) is 4.57. The van der Waals surface area contributed by atoms with Crippen molar-refractivity contribution < 1.29 is 9.53 Å². The minimum atomic E-state index is -0.357. The highest BCUT2D eigenvalue weighted by Gasteiger charge is 2.11. The van der Waals surface area contributed by atoms with Crippen molar-refractivity contribution in [2.75, 3.05) is 11.9 Å². The van der Waals surface area contributed by atoms with E-state index < -0.39 is 0 Å². The van der Waals surface area contributed by atoms with Gasteiger partial charge in [-0.25, -0.2) is 4.68 Å². The molecule has 0 amide bonds. The zero-order chi connectivity index (χ0) is 14.4. The maximum Gasteiger partial charge on any atom is 0.305 e. The van der Waals surface area contributed by atoms with Crippen molar-refractivity contribution in [3.05, 3.63) is 21.6 Å². The van der Waals surface area contributed by atoms with Crippen molar-refractivity contribution in [2.45, 2.75) is 32.7 Å². The standard InChI is InChI=1S/C12H18ClN3O3/c1-4-19-10(17)6-5-8(2)15-9-7-14-16(3)12(18)11(9)13/h7-8,15H,4-6H2,1-3H3. The highest BCUT2D eigenvalue weighted by atomic mass is 35.5. The molecule has 0 aliphatic rings. The van der Waals surface area contributed by atoms with E-state index in [2.05, 4.69) is 10.4 Å². The summed E-state index contributed by atoms with van der Waals surface area (Å²) in [6, 6.07) is -0.0178. The first kappa shape index (κ1) is 15.5. The summed E-state index contributed by atoms with van der Waals surface area (Å²) in [5.41, 5.74) is 0.116. The first-order chi connectivity index (χ1) is 8.95. The van der Waals surface area contributed by atoms with Crippen molar-refractivity contribution >= 4 is 23.3 Å². The van der Waals surface area contributed by atoms with Gasteiger partial charge >= 0.3 is 5.97 Å². The molecule has 0 aliphatic carbocycles. The Morgan fingerprint density at radius 3 is 2.95 bits per heavy atom. The predicted octanol–water partition coefficient (Wildman–Crippen LogP) is 1.58. The van der Waals surface area contributed by atoms with Crippen LogP contribution in [0, 0.1) is 0 Å². The lowest BCUT2D eigenvalue weighted by molar-refractivity contribution is -0.143. The maximum atomic E-state index is 11.6. The van der Waals surface area contributed by atoms with Gasteiger partial charge in [-0.15, -0.1) is 0 Å². The molecule has 1 aromatic heterocycles. The Morgan fingerprint density at radius 1 is 1.63 bits per heavy atom. The summed E-state index contributed by atoms with van der Waals surface area (Å²) in [4.78, 5) is 22.8. The highest BCUT2D eigenvalue weighted by molar-refractivity contribution is 6.32. The van der Waals surface area contributed by atoms with Crippen LogP contribution in [-0.2, 0) is 16.6 Å². The van der Waals surface area contributed by atoms with E-state index in [9.17, 15) is 9.59 Å². The first-order valence-corrected chi connectivity index (χ1v) is 6.47. The lowest BCUT2D eigenvalue weighted by Gasteiger charge is -2.15. The van der Waals surface area contributed by atoms with Crippen LogP contribution in [0.15, 0.2) is 11.0 Å². The van der Waals surface area contributed by atoms with Crippen LogP contribution in [0.25, 0.3) is 0 Å². The SMILES string of the molecule is CCOC(=O)CCC(C)Nc1cnn(C)c(=O)c1Cl. The topological polar surface area (TPSA) is 73.2 Å². The van der Waals surface area contributed by atoms with E-state index in [0.29, 0.717) is 25.1 Å². The van der Waals surface area contributed by atoms with Crippen LogP contribution in [0.4, 0.5) is 5.69 Å². The van der Waals surface area contributed by atoms with Gasteiger partial charge in [0.2, 0.25) is 0 Å². The van der Waals surface area contributed by atoms with Crippen LogP contribution >= 0.6 is 11.6 Å². The summed E-state index contributed by atoms with van der Waals surface area (Å²) in [5.74, 6) is -0.232. The molecule has 0 fully saturated rings. The molecule has 1 atom stereocenters. The molecule has 1 unspecified atom stereocenters. The molecular weight excluding hydrogens is 270 g/mol. The molecule has 7 heteroatoms. The Balaban J connectivity index is 2.58. The van der Waals surface area contributed by atoms with E-state index in [1.54, 1.807) is 6.92 Å². The highest BCUT2D eigenvalue weighted by Crippen LogP contribution is 2.17. The van der Waals surface area contributed by atoms with Gasteiger partial charge in [0, 0.05) is 19.5 Å². The molecule has 19 heavy (non-hydrogen) atoms. The zero-order valence-electron chi connectivity index (χ0n) is 11.3. The smallest absolute Gasteiger partial charge is 0.305 e. The molecule has 0 bridgehead atoms. The molecule has 0 radical (unpaired) electrons. The Kier molecular flexibility index (Phi) is 5.82. The van der Waals surface area contributed by atoms with Crippen molar-refractivity contribution in [2.24, 2.45) is 7.05 Å². The summed E-state index contributed by atoms with van der Waals surface area (Å²) in [6.07, 6.45) is 2.40. The Bertz CT molecular complexity index is 501. The molecule has 0 saturated heterocycles. The van der Waals surface area contributed by atoms with Crippen LogP contribution in [0.5, 0.6) is 0 Å². The Morgan fingerprint density at radius 2 is 2.32 bits per heavy atom. The predicted molar refractivity (Wildman–Crippen MR) is 73.4 cm³/mol. The third kappa shape index (κ3) is 4.55. The average Bonchev–Trinajstić information content (AvgIpc) is 2.37. The Hall–Kier alpha value is -1.56. The third-order valence-corrected chi connectivity index (χ3v) is 2.93. The molecule has 1 N–H and O–H groups in total. The molecular formula is C12H18ClN3O3. The molecule has 106 valence electrons. The van der Waals surface area contributed by atoms with E-state index >= 15 is 0 Å². The number of ether oxygens (including phenoxy) is 1. The van der Waals surface area contributed by atoms with Crippen LogP contribution in [-0.4, -0.2) is 28.4 Å². The van der Waals surface area contributed by atoms with Crippen LogP contribution in [0.3, 0.4) is 0 Å². The van der Waals surface area contributed by atoms with Crippen LogP contribution < -0.4 is 10.9 Å². The monoisotopic (exact) mass is 287 g/mol. The van der Waals surface area contributed by atoms with E-state index in [0.717, 1.165) is 4.68 Å². The fraction of sp³-hybridized carbons (Fsp3) is 0.583. The van der Waals surface area contributed by atoms with Gasteiger partial charge in [-0.05, 0) is 20.3 Å². The number of hydrogen-bond donors (Lipinski definition) is 1. The summed E-state index contributed by atoms with van der Waals surface area (Å²) in [6.45, 7) is 4.04. The van der Waals surface area contributed by atoms with E-state index in [1.807, 2.05) is 6.92 Å². The largest absolute Gasteiger partial charge is 0.466 e. The number of aryl methyl sites for hydroxylation is 1. The normalized spacial score (nSPS) is 12.0. The lowest BCUT2D eigenvalue weighted by Crippen LogP contribution is -2.24. The number of rotatable bonds is 6. The minimum Gasteiger partial charge on any atom is -0.466 e. The second-order valence-electron chi connectivity index (χ2n) is 4.19. The van der Waals surface area contributed by atoms with Gasteiger partial charge in [0.1, 0.15) is 5.02 Å². The number of nitrogens with one attached hydrogen (secondary N) is 1. The van der Waals surface area contributed by atoms with Crippen molar-refractivity contribution in [1.29, 1.82) is 0 Å². The first-order valence-electron chi connectivity index (χ1n) is 6.09. The zero-order valence-corrected chi connectivity index (χ0v) is 12.0. The molecule has 1 rings (SSSR count). The van der Waals surface area contributed by atoms with E-state index in [4.69, 9.17) is 16.3 Å². The number of carbonyl (C=O) groups excluding carboxylic acids is 1. The van der Waals surface area contributed by atoms with Gasteiger partial charge in [0.25, 0.3) is 5.56 Å². The van der Waals surface area contributed by atoms with Gasteiger partial charge in [-0.1, -0.05) is 11.6 Å². The third-order valence-electron chi connectivity index (χ3n) is 2.57. The molecule has 1 heterocycles. The van der Waals surface area contributed by atoms with E-state index in [1.165, 1.54) is 13.2 Å². The van der Waals surface area contributed by atoms with Gasteiger partial charge in [0.05, 0.1) is 18.5 Å². The maximum absolute atomic E-state index is 11.6. The summed E-state index contributed by atoms with van der Waals surface area (Å²) < 4.78 is 6.01. The van der Waals surface area contributed by atoms with Crippen LogP contribution in [0.1, 0.15) is 26.7 Å². The lowest BCUT2D eigenvalue weighted by atomic mass is 10.2. The van der Waals surface area contributed by atoms with Crippen molar-refractivity contribution in [1.82, 2.24) is 9.78 Å². The minimum absolute atomic E-state index is 0.0178. The van der Waals surface area contributed by atoms with Gasteiger partial charge < -0.3 is 10.1 Å². The quantitative estimate of drug-likeness (QED) is 0.804. The fourth-order valence-corrected chi connectivity index (χ4v) is 1.74. The Labute approximate surface area is 116 Å². The second kappa shape index (κ2) is 7.13. The number of carbonyl (C=O) groups is 1. The number of esters is 1. The van der Waals surface area contributed by atoms with Crippen molar-refractivity contribution in [3.63, 3.8) is 0 Å². The van der Waals surface area contributed by atoms with Gasteiger partial charge in [-0.3, -0.25) is 9.59 Å². The molecule has 0 saturated carbocycles. The molecule has 6 nitrogen and oxygen atoms in total. The summed E-state index contributed by atoms with van der Waals surface area (Å²) in [7, 11) is 1.53. The average molecular weight is 288 g/mol. The number of hydrogen-bond acceptors (Lipinski definition) is 5. The summed E-state index contributed by atoms with van der Waals surface area (Å²) in [5, 5.41) is 7.04. The number of anilines is 1. The summed E-state index contributed by atoms with van der Waals surface area (Å²) >= 11 is 5.93. The number of aromatic nitrogens is 2. The molecule has 1 aromatic rings. The molecule has 0 spiro atoms. The van der Waals surface area contributed by atoms with Gasteiger partial charge in [0.15, 0.2) is 0 Å². The fourth-order valence-electron chi connectivity index (χ4n) is 1.52. The van der Waals surface area contributed by atoms with Gasteiger partial charge in [-0.2, -0.15) is 5.10 Å². The number of halogens is 1. The molecule has 0 aromatic carbocycles.